The fourth-order valence-corrected chi connectivity index (χ4v) is 2.72. The van der Waals surface area contributed by atoms with Gasteiger partial charge in [0.1, 0.15) is 17.7 Å². The Morgan fingerprint density at radius 2 is 1.61 bits per heavy atom. The van der Waals surface area contributed by atoms with E-state index in [9.17, 15) is 29.1 Å². The second-order valence-electron chi connectivity index (χ2n) is 9.10. The van der Waals surface area contributed by atoms with Crippen molar-refractivity contribution in [2.45, 2.75) is 72.6 Å². The van der Waals surface area contributed by atoms with Crippen molar-refractivity contribution < 1.29 is 38.6 Å². The topological polar surface area (TPSA) is 160 Å². The number of aliphatic hydroxyl groups is 1. The fourth-order valence-electron chi connectivity index (χ4n) is 2.23. The van der Waals surface area contributed by atoms with Crippen molar-refractivity contribution in [3.05, 3.63) is 0 Å². The molecule has 0 radical (unpaired) electrons. The molecule has 0 spiro atoms. The van der Waals surface area contributed by atoms with Crippen LogP contribution in [0.4, 0.5) is 4.79 Å². The average molecular weight is 492 g/mol. The first-order valence-electron chi connectivity index (χ1n) is 10.6. The maximum Gasteiger partial charge on any atom is 0.408 e. The lowest BCUT2D eigenvalue weighted by molar-refractivity contribution is -0.154. The Balaban J connectivity index is 4.39. The van der Waals surface area contributed by atoms with Crippen molar-refractivity contribution in [3.8, 4) is 0 Å². The number of carbonyl (C=O) groups is 5. The summed E-state index contributed by atoms with van der Waals surface area (Å²) < 4.78 is 10.2. The van der Waals surface area contributed by atoms with Gasteiger partial charge in [0.25, 0.3) is 0 Å². The molecular formula is C21H37N3O8S. The molecule has 0 aromatic carbocycles. The van der Waals surface area contributed by atoms with Gasteiger partial charge < -0.3 is 30.5 Å². The van der Waals surface area contributed by atoms with Gasteiger partial charge >= 0.3 is 12.1 Å². The van der Waals surface area contributed by atoms with E-state index in [2.05, 4.69) is 16.0 Å². The molecule has 12 heteroatoms. The number of nitrogens with one attached hydrogen (secondary N) is 3. The van der Waals surface area contributed by atoms with Crippen molar-refractivity contribution in [3.63, 3.8) is 0 Å². The number of ether oxygens (including phenoxy) is 2. The van der Waals surface area contributed by atoms with Crippen LogP contribution in [0.2, 0.25) is 0 Å². The molecule has 0 fully saturated rings. The van der Waals surface area contributed by atoms with Gasteiger partial charge in [0.15, 0.2) is 5.12 Å². The van der Waals surface area contributed by atoms with Gasteiger partial charge in [-0.25, -0.2) is 9.59 Å². The fraction of sp³-hybridized carbons (Fsp3) is 0.762. The summed E-state index contributed by atoms with van der Waals surface area (Å²) in [7, 11) is 0. The number of aliphatic hydroxyl groups excluding tert-OH is 1. The van der Waals surface area contributed by atoms with E-state index in [0.717, 1.165) is 11.8 Å². The third-order valence-electron chi connectivity index (χ3n) is 4.04. The molecule has 4 N–H and O–H groups in total. The van der Waals surface area contributed by atoms with Gasteiger partial charge in [-0.05, 0) is 27.7 Å². The van der Waals surface area contributed by atoms with Crippen LogP contribution in [0.5, 0.6) is 0 Å². The summed E-state index contributed by atoms with van der Waals surface area (Å²) in [6.45, 7) is 11.1. The van der Waals surface area contributed by atoms with Crippen LogP contribution in [0.25, 0.3) is 0 Å². The van der Waals surface area contributed by atoms with E-state index in [4.69, 9.17) is 9.47 Å². The minimum atomic E-state index is -1.51. The van der Waals surface area contributed by atoms with Crippen LogP contribution in [-0.4, -0.2) is 77.3 Å². The SMILES string of the molecule is CC(=O)SCCNC(=O)CCNC(=O)[C@H](O)C(C)(C)COC(=O)[C@H](C)NC(=O)OC(C)(C)C. The summed E-state index contributed by atoms with van der Waals surface area (Å²) in [5, 5.41) is 17.7. The van der Waals surface area contributed by atoms with Crippen molar-refractivity contribution in [2.24, 2.45) is 5.41 Å². The number of thioether (sulfide) groups is 1. The highest BCUT2D eigenvalue weighted by Gasteiger charge is 2.35. The highest BCUT2D eigenvalue weighted by molar-refractivity contribution is 8.13. The monoisotopic (exact) mass is 491 g/mol. The molecule has 3 amide bonds. The first-order chi connectivity index (χ1) is 15.0. The number of esters is 1. The second-order valence-corrected chi connectivity index (χ2v) is 10.4. The number of amides is 3. The number of carbonyl (C=O) groups excluding carboxylic acids is 5. The van der Waals surface area contributed by atoms with Gasteiger partial charge in [-0.1, -0.05) is 25.6 Å². The molecule has 0 saturated heterocycles. The standard InChI is InChI=1S/C21H37N3O8S/c1-13(24-19(30)32-20(3,4)5)18(29)31-12-21(6,7)16(27)17(28)23-9-8-15(26)22-10-11-33-14(2)25/h13,16,27H,8-12H2,1-7H3,(H,22,26)(H,23,28)(H,24,30)/t13-,16-/m0/s1. The lowest BCUT2D eigenvalue weighted by atomic mass is 9.87. The van der Waals surface area contributed by atoms with E-state index >= 15 is 0 Å². The Kier molecular flexibility index (Phi) is 13.0. The average Bonchev–Trinajstić information content (AvgIpc) is 2.66. The third kappa shape index (κ3) is 14.4. The molecule has 33 heavy (non-hydrogen) atoms. The molecule has 2 atom stereocenters. The molecule has 11 nitrogen and oxygen atoms in total. The van der Waals surface area contributed by atoms with E-state index in [1.807, 2.05) is 0 Å². The van der Waals surface area contributed by atoms with E-state index in [0.29, 0.717) is 12.3 Å². The minimum Gasteiger partial charge on any atom is -0.463 e. The molecule has 0 rings (SSSR count). The molecule has 0 heterocycles. The smallest absolute Gasteiger partial charge is 0.408 e. The molecule has 0 aliphatic carbocycles. The molecule has 0 aromatic heterocycles. The Hall–Kier alpha value is -2.34. The highest BCUT2D eigenvalue weighted by Crippen LogP contribution is 2.21. The number of alkyl carbamates (subject to hydrolysis) is 1. The van der Waals surface area contributed by atoms with Crippen LogP contribution < -0.4 is 16.0 Å². The van der Waals surface area contributed by atoms with E-state index in [-0.39, 0.29) is 30.6 Å². The quantitative estimate of drug-likeness (QED) is 0.228. The molecule has 0 saturated carbocycles. The van der Waals surface area contributed by atoms with Crippen LogP contribution in [-0.2, 0) is 28.7 Å². The van der Waals surface area contributed by atoms with Gasteiger partial charge in [0.2, 0.25) is 11.8 Å². The third-order valence-corrected chi connectivity index (χ3v) is 4.86. The Bertz CT molecular complexity index is 706. The summed E-state index contributed by atoms with van der Waals surface area (Å²) in [5.74, 6) is -1.30. The highest BCUT2D eigenvalue weighted by atomic mass is 32.2. The van der Waals surface area contributed by atoms with Gasteiger partial charge in [-0.15, -0.1) is 0 Å². The summed E-state index contributed by atoms with van der Waals surface area (Å²) in [6.07, 6.45) is -2.27. The lowest BCUT2D eigenvalue weighted by Gasteiger charge is -2.29. The van der Waals surface area contributed by atoms with E-state index < -0.39 is 41.1 Å². The number of hydrogen-bond donors (Lipinski definition) is 4. The van der Waals surface area contributed by atoms with Crippen LogP contribution in [0.3, 0.4) is 0 Å². The Morgan fingerprint density at radius 3 is 2.15 bits per heavy atom. The summed E-state index contributed by atoms with van der Waals surface area (Å²) in [6, 6.07) is -0.992. The van der Waals surface area contributed by atoms with Gasteiger partial charge in [0.05, 0.1) is 6.61 Å². The molecular weight excluding hydrogens is 454 g/mol. The van der Waals surface area contributed by atoms with Gasteiger partial charge in [-0.3, -0.25) is 14.4 Å². The van der Waals surface area contributed by atoms with Crippen LogP contribution >= 0.6 is 11.8 Å². The van der Waals surface area contributed by atoms with Crippen LogP contribution in [0.15, 0.2) is 0 Å². The molecule has 0 aliphatic heterocycles. The molecule has 0 unspecified atom stereocenters. The Morgan fingerprint density at radius 1 is 1.00 bits per heavy atom. The zero-order valence-electron chi connectivity index (χ0n) is 20.4. The van der Waals surface area contributed by atoms with Crippen molar-refractivity contribution in [2.75, 3.05) is 25.4 Å². The largest absolute Gasteiger partial charge is 0.463 e. The molecule has 0 aliphatic rings. The minimum absolute atomic E-state index is 0.00641. The normalized spacial score (nSPS) is 13.3. The summed E-state index contributed by atoms with van der Waals surface area (Å²) in [5.41, 5.74) is -1.85. The Labute approximate surface area is 199 Å². The zero-order valence-corrected chi connectivity index (χ0v) is 21.2. The first-order valence-corrected chi connectivity index (χ1v) is 11.6. The van der Waals surface area contributed by atoms with Crippen LogP contribution in [0, 0.1) is 5.41 Å². The lowest BCUT2D eigenvalue weighted by Crippen LogP contribution is -2.48. The van der Waals surface area contributed by atoms with E-state index in [1.54, 1.807) is 20.8 Å². The number of rotatable bonds is 12. The summed E-state index contributed by atoms with van der Waals surface area (Å²) in [4.78, 5) is 58.6. The number of hydrogen-bond acceptors (Lipinski definition) is 9. The predicted octanol–water partition coefficient (Wildman–Crippen LogP) is 0.732. The van der Waals surface area contributed by atoms with Crippen molar-refractivity contribution in [1.82, 2.24) is 16.0 Å². The molecule has 0 bridgehead atoms. The summed E-state index contributed by atoms with van der Waals surface area (Å²) >= 11 is 1.10. The van der Waals surface area contributed by atoms with Gasteiger partial charge in [-0.2, -0.15) is 0 Å². The predicted molar refractivity (Wildman–Crippen MR) is 123 cm³/mol. The van der Waals surface area contributed by atoms with Crippen LogP contribution in [0.1, 0.15) is 54.9 Å². The maximum atomic E-state index is 12.2. The molecule has 0 aromatic rings. The van der Waals surface area contributed by atoms with Gasteiger partial charge in [0, 0.05) is 37.6 Å². The second kappa shape index (κ2) is 14.0. The maximum absolute atomic E-state index is 12.2. The van der Waals surface area contributed by atoms with E-state index in [1.165, 1.54) is 27.7 Å². The van der Waals surface area contributed by atoms with Crippen molar-refractivity contribution in [1.29, 1.82) is 0 Å². The first kappa shape index (κ1) is 30.7. The molecule has 190 valence electrons. The zero-order chi connectivity index (χ0) is 25.8. The van der Waals surface area contributed by atoms with Crippen molar-refractivity contribution >= 4 is 40.8 Å².